The van der Waals surface area contributed by atoms with Crippen molar-refractivity contribution in [3.63, 3.8) is 0 Å². The van der Waals surface area contributed by atoms with Crippen molar-refractivity contribution in [1.29, 1.82) is 0 Å². The van der Waals surface area contributed by atoms with Crippen molar-refractivity contribution in [2.24, 2.45) is 0 Å². The van der Waals surface area contributed by atoms with Gasteiger partial charge in [-0.2, -0.15) is 0 Å². The van der Waals surface area contributed by atoms with Crippen molar-refractivity contribution in [2.75, 3.05) is 23.3 Å². The van der Waals surface area contributed by atoms with Crippen molar-refractivity contribution < 1.29 is 14.4 Å². The van der Waals surface area contributed by atoms with Gasteiger partial charge in [0.25, 0.3) is 5.91 Å². The summed E-state index contributed by atoms with van der Waals surface area (Å²) >= 11 is 3.37. The zero-order valence-electron chi connectivity index (χ0n) is 15.9. The number of benzene rings is 2. The Kier molecular flexibility index (Phi) is 5.67. The summed E-state index contributed by atoms with van der Waals surface area (Å²) in [4.78, 5) is 41.2. The average Bonchev–Trinajstić information content (AvgIpc) is 3.37. The maximum Gasteiger partial charge on any atom is 0.254 e. The zero-order chi connectivity index (χ0) is 20.4. The first kappa shape index (κ1) is 19.6. The molecule has 7 heteroatoms. The molecule has 2 fully saturated rings. The van der Waals surface area contributed by atoms with Crippen LogP contribution in [0.2, 0.25) is 0 Å². The van der Waals surface area contributed by atoms with Crippen LogP contribution >= 0.6 is 15.9 Å². The molecule has 29 heavy (non-hydrogen) atoms. The Morgan fingerprint density at radius 2 is 1.83 bits per heavy atom. The predicted octanol–water partition coefficient (Wildman–Crippen LogP) is 3.82. The Labute approximate surface area is 178 Å². The molecule has 2 saturated heterocycles. The molecule has 0 aliphatic carbocycles. The first-order valence-electron chi connectivity index (χ1n) is 9.81. The summed E-state index contributed by atoms with van der Waals surface area (Å²) in [6.07, 6.45) is 2.84. The number of nitrogens with one attached hydrogen (secondary N) is 1. The van der Waals surface area contributed by atoms with Gasteiger partial charge in [-0.3, -0.25) is 14.4 Å². The van der Waals surface area contributed by atoms with E-state index in [0.29, 0.717) is 37.2 Å². The molecule has 2 aliphatic heterocycles. The van der Waals surface area contributed by atoms with Crippen molar-refractivity contribution in [3.05, 3.63) is 58.6 Å². The van der Waals surface area contributed by atoms with E-state index in [-0.39, 0.29) is 17.7 Å². The van der Waals surface area contributed by atoms with Gasteiger partial charge in [0, 0.05) is 40.9 Å². The number of amides is 3. The van der Waals surface area contributed by atoms with E-state index in [0.717, 1.165) is 23.0 Å². The van der Waals surface area contributed by atoms with Crippen molar-refractivity contribution >= 4 is 45.0 Å². The highest BCUT2D eigenvalue weighted by molar-refractivity contribution is 9.10. The molecule has 2 aromatic rings. The van der Waals surface area contributed by atoms with Crippen LogP contribution in [0.15, 0.2) is 53.0 Å². The Bertz CT molecular complexity index is 945. The molecular weight excluding hydrogens is 434 g/mol. The fraction of sp³-hybridized carbons (Fsp3) is 0.318. The highest BCUT2D eigenvalue weighted by Crippen LogP contribution is 2.26. The lowest BCUT2D eigenvalue weighted by Crippen LogP contribution is -2.43. The highest BCUT2D eigenvalue weighted by Gasteiger charge is 2.34. The molecule has 6 nitrogen and oxygen atoms in total. The van der Waals surface area contributed by atoms with Gasteiger partial charge >= 0.3 is 0 Å². The van der Waals surface area contributed by atoms with Gasteiger partial charge < -0.3 is 15.1 Å². The van der Waals surface area contributed by atoms with Gasteiger partial charge in [0.05, 0.1) is 0 Å². The monoisotopic (exact) mass is 455 g/mol. The van der Waals surface area contributed by atoms with Gasteiger partial charge in [-0.15, -0.1) is 0 Å². The van der Waals surface area contributed by atoms with E-state index in [4.69, 9.17) is 0 Å². The normalized spacial score (nSPS) is 18.9. The summed E-state index contributed by atoms with van der Waals surface area (Å²) in [6, 6.07) is 14.0. The van der Waals surface area contributed by atoms with Crippen LogP contribution in [0, 0.1) is 0 Å². The number of halogens is 1. The quantitative estimate of drug-likeness (QED) is 0.761. The fourth-order valence-electron chi connectivity index (χ4n) is 3.94. The zero-order valence-corrected chi connectivity index (χ0v) is 17.5. The van der Waals surface area contributed by atoms with Crippen LogP contribution in [0.4, 0.5) is 11.4 Å². The average molecular weight is 456 g/mol. The molecule has 0 spiro atoms. The molecule has 1 atom stereocenters. The third-order valence-corrected chi connectivity index (χ3v) is 5.93. The third kappa shape index (κ3) is 4.19. The first-order chi connectivity index (χ1) is 14.0. The largest absolute Gasteiger partial charge is 0.327 e. The molecule has 1 unspecified atom stereocenters. The molecule has 0 radical (unpaired) electrons. The van der Waals surface area contributed by atoms with Crippen LogP contribution in [0.3, 0.4) is 0 Å². The summed E-state index contributed by atoms with van der Waals surface area (Å²) < 4.78 is 0.904. The van der Waals surface area contributed by atoms with E-state index in [9.17, 15) is 14.4 Å². The van der Waals surface area contributed by atoms with Gasteiger partial charge in [0.1, 0.15) is 6.04 Å². The standard InChI is InChI=1S/C22H22BrN3O3/c23-16-10-8-15(9-11-16)22(29)26-13-2-6-19(26)21(28)24-17-4-1-5-18(14-17)25-12-3-7-20(25)27/h1,4-5,8-11,14,19H,2-3,6-7,12-13H2,(H,24,28). The van der Waals surface area contributed by atoms with E-state index in [2.05, 4.69) is 21.2 Å². The summed E-state index contributed by atoms with van der Waals surface area (Å²) in [7, 11) is 0. The maximum atomic E-state index is 12.9. The van der Waals surface area contributed by atoms with Gasteiger partial charge in [0.15, 0.2) is 0 Å². The second-order valence-corrected chi connectivity index (χ2v) is 8.27. The minimum Gasteiger partial charge on any atom is -0.327 e. The number of carbonyl (C=O) groups excluding carboxylic acids is 3. The van der Waals surface area contributed by atoms with Crippen LogP contribution in [-0.4, -0.2) is 41.8 Å². The lowest BCUT2D eigenvalue weighted by Gasteiger charge is -2.24. The molecule has 1 N–H and O–H groups in total. The molecule has 0 aromatic heterocycles. The maximum absolute atomic E-state index is 12.9. The molecule has 2 heterocycles. The number of hydrogen-bond acceptors (Lipinski definition) is 3. The van der Waals surface area contributed by atoms with Crippen LogP contribution in [0.5, 0.6) is 0 Å². The number of nitrogens with zero attached hydrogens (tertiary/aromatic N) is 2. The molecule has 3 amide bonds. The molecule has 150 valence electrons. The lowest BCUT2D eigenvalue weighted by molar-refractivity contribution is -0.119. The third-order valence-electron chi connectivity index (χ3n) is 5.41. The lowest BCUT2D eigenvalue weighted by atomic mass is 10.1. The van der Waals surface area contributed by atoms with Gasteiger partial charge in [0.2, 0.25) is 11.8 Å². The van der Waals surface area contributed by atoms with E-state index in [1.807, 2.05) is 30.3 Å². The van der Waals surface area contributed by atoms with E-state index in [1.165, 1.54) is 0 Å². The first-order valence-corrected chi connectivity index (χ1v) is 10.6. The van der Waals surface area contributed by atoms with Crippen molar-refractivity contribution in [1.82, 2.24) is 4.90 Å². The topological polar surface area (TPSA) is 69.7 Å². The second kappa shape index (κ2) is 8.37. The van der Waals surface area contributed by atoms with E-state index >= 15 is 0 Å². The number of carbonyl (C=O) groups is 3. The SMILES string of the molecule is O=C(Nc1cccc(N2CCCC2=O)c1)C1CCCN1C(=O)c1ccc(Br)cc1. The number of likely N-dealkylation sites (tertiary alicyclic amines) is 1. The molecular formula is C22H22BrN3O3. The molecule has 2 aromatic carbocycles. The van der Waals surface area contributed by atoms with Crippen LogP contribution < -0.4 is 10.2 Å². The van der Waals surface area contributed by atoms with Gasteiger partial charge in [-0.25, -0.2) is 0 Å². The molecule has 4 rings (SSSR count). The number of hydrogen-bond donors (Lipinski definition) is 1. The Morgan fingerprint density at radius 1 is 1.03 bits per heavy atom. The van der Waals surface area contributed by atoms with Crippen molar-refractivity contribution in [2.45, 2.75) is 31.7 Å². The number of anilines is 2. The molecule has 2 aliphatic rings. The summed E-state index contributed by atoms with van der Waals surface area (Å²) in [5.41, 5.74) is 2.00. The summed E-state index contributed by atoms with van der Waals surface area (Å²) in [5, 5.41) is 2.93. The Balaban J connectivity index is 1.47. The summed E-state index contributed by atoms with van der Waals surface area (Å²) in [5.74, 6) is -0.222. The number of rotatable bonds is 4. The molecule has 0 saturated carbocycles. The fourth-order valence-corrected chi connectivity index (χ4v) is 4.20. The smallest absolute Gasteiger partial charge is 0.254 e. The Morgan fingerprint density at radius 3 is 2.55 bits per heavy atom. The van der Waals surface area contributed by atoms with Crippen molar-refractivity contribution in [3.8, 4) is 0 Å². The Hall–Kier alpha value is -2.67. The van der Waals surface area contributed by atoms with Crippen LogP contribution in [0.1, 0.15) is 36.0 Å². The predicted molar refractivity (Wildman–Crippen MR) is 115 cm³/mol. The van der Waals surface area contributed by atoms with Gasteiger partial charge in [-0.05, 0) is 61.7 Å². The summed E-state index contributed by atoms with van der Waals surface area (Å²) in [6.45, 7) is 1.27. The minimum atomic E-state index is -0.497. The second-order valence-electron chi connectivity index (χ2n) is 7.35. The van der Waals surface area contributed by atoms with Gasteiger partial charge in [-0.1, -0.05) is 22.0 Å². The van der Waals surface area contributed by atoms with Crippen LogP contribution in [0.25, 0.3) is 0 Å². The van der Waals surface area contributed by atoms with E-state index in [1.54, 1.807) is 28.0 Å². The van der Waals surface area contributed by atoms with E-state index < -0.39 is 6.04 Å². The minimum absolute atomic E-state index is 0.107. The van der Waals surface area contributed by atoms with Crippen LogP contribution in [-0.2, 0) is 9.59 Å². The molecule has 0 bridgehead atoms. The highest BCUT2D eigenvalue weighted by atomic mass is 79.9.